The van der Waals surface area contributed by atoms with E-state index in [1.165, 1.54) is 10.9 Å². The van der Waals surface area contributed by atoms with Crippen LogP contribution in [0.2, 0.25) is 5.15 Å². The summed E-state index contributed by atoms with van der Waals surface area (Å²) in [6.45, 7) is 3.96. The molecule has 0 fully saturated rings. The Balaban J connectivity index is 1.75. The van der Waals surface area contributed by atoms with Crippen LogP contribution in [0.1, 0.15) is 11.3 Å². The Morgan fingerprint density at radius 1 is 0.833 bits per heavy atom. The highest BCUT2D eigenvalue weighted by molar-refractivity contribution is 6.29. The van der Waals surface area contributed by atoms with E-state index in [-0.39, 0.29) is 0 Å². The molecule has 2 heterocycles. The highest BCUT2D eigenvalue weighted by atomic mass is 35.5. The zero-order valence-electron chi connectivity index (χ0n) is 13.2. The predicted octanol–water partition coefficient (Wildman–Crippen LogP) is 5.22. The van der Waals surface area contributed by atoms with Crippen molar-refractivity contribution in [2.45, 2.75) is 13.8 Å². The van der Waals surface area contributed by atoms with Gasteiger partial charge < -0.3 is 4.52 Å². The molecular formula is C19H14ClN3O. The molecule has 0 atom stereocenters. The van der Waals surface area contributed by atoms with Gasteiger partial charge in [-0.2, -0.15) is 4.98 Å². The van der Waals surface area contributed by atoms with Gasteiger partial charge in [0.05, 0.1) is 0 Å². The number of halogens is 1. The summed E-state index contributed by atoms with van der Waals surface area (Å²) in [5.41, 5.74) is 3.72. The Kier molecular flexibility index (Phi) is 3.54. The van der Waals surface area contributed by atoms with Crippen molar-refractivity contribution in [1.82, 2.24) is 15.1 Å². The summed E-state index contributed by atoms with van der Waals surface area (Å²) >= 11 is 6.00. The van der Waals surface area contributed by atoms with Gasteiger partial charge in [-0.1, -0.05) is 52.7 Å². The smallest absolute Gasteiger partial charge is 0.258 e. The molecule has 118 valence electrons. The molecule has 5 heteroatoms. The summed E-state index contributed by atoms with van der Waals surface area (Å²) in [6, 6.07) is 16.1. The molecule has 0 amide bonds. The highest BCUT2D eigenvalue weighted by Gasteiger charge is 2.12. The summed E-state index contributed by atoms with van der Waals surface area (Å²) < 4.78 is 5.40. The van der Waals surface area contributed by atoms with Crippen LogP contribution in [0, 0.1) is 13.8 Å². The van der Waals surface area contributed by atoms with Crippen LogP contribution in [0.5, 0.6) is 0 Å². The first-order chi connectivity index (χ1) is 11.6. The third kappa shape index (κ3) is 2.76. The van der Waals surface area contributed by atoms with Crippen molar-refractivity contribution in [2.75, 3.05) is 0 Å². The monoisotopic (exact) mass is 335 g/mol. The number of aryl methyl sites for hydroxylation is 2. The first-order valence-corrected chi connectivity index (χ1v) is 7.95. The molecule has 0 aliphatic carbocycles. The maximum atomic E-state index is 6.00. The van der Waals surface area contributed by atoms with Crippen molar-refractivity contribution >= 4 is 22.4 Å². The fraction of sp³-hybridized carbons (Fsp3) is 0.105. The summed E-state index contributed by atoms with van der Waals surface area (Å²) in [5, 5.41) is 6.84. The first-order valence-electron chi connectivity index (χ1n) is 7.57. The van der Waals surface area contributed by atoms with Gasteiger partial charge in [0.25, 0.3) is 5.89 Å². The Morgan fingerprint density at radius 2 is 1.62 bits per heavy atom. The maximum absolute atomic E-state index is 6.00. The van der Waals surface area contributed by atoms with E-state index in [0.717, 1.165) is 22.2 Å². The third-order valence-corrected chi connectivity index (χ3v) is 4.04. The molecule has 2 aromatic heterocycles. The minimum absolute atomic E-state index is 0.408. The second-order valence-corrected chi connectivity index (χ2v) is 6.20. The van der Waals surface area contributed by atoms with E-state index < -0.39 is 0 Å². The number of benzene rings is 2. The lowest BCUT2D eigenvalue weighted by atomic mass is 10.0. The van der Waals surface area contributed by atoms with Gasteiger partial charge in [-0.3, -0.25) is 0 Å². The van der Waals surface area contributed by atoms with Crippen molar-refractivity contribution in [3.8, 4) is 22.8 Å². The molecule has 0 unspecified atom stereocenters. The number of hydrogen-bond acceptors (Lipinski definition) is 4. The van der Waals surface area contributed by atoms with Crippen LogP contribution in [0.3, 0.4) is 0 Å². The molecule has 0 saturated heterocycles. The largest absolute Gasteiger partial charge is 0.334 e. The molecule has 2 aromatic carbocycles. The second kappa shape index (κ2) is 5.73. The van der Waals surface area contributed by atoms with Crippen molar-refractivity contribution in [3.05, 3.63) is 64.9 Å². The number of hydrogen-bond donors (Lipinski definition) is 0. The van der Waals surface area contributed by atoms with E-state index in [4.69, 9.17) is 16.1 Å². The Bertz CT molecular complexity index is 1040. The van der Waals surface area contributed by atoms with E-state index in [1.807, 2.05) is 19.1 Å². The standard InChI is InChI=1S/C19H14ClN3O/c1-11-3-4-14-9-15(6-5-13(14)7-11)18-22-19(24-23-18)16-8-12(2)21-17(20)10-16/h3-10H,1-2H3. The topological polar surface area (TPSA) is 51.8 Å². The third-order valence-electron chi connectivity index (χ3n) is 3.85. The molecular weight excluding hydrogens is 322 g/mol. The zero-order valence-corrected chi connectivity index (χ0v) is 14.0. The van der Waals surface area contributed by atoms with Crippen molar-refractivity contribution in [3.63, 3.8) is 0 Å². The van der Waals surface area contributed by atoms with Gasteiger partial charge in [-0.15, -0.1) is 0 Å². The Hall–Kier alpha value is -2.72. The molecule has 0 spiro atoms. The van der Waals surface area contributed by atoms with E-state index in [9.17, 15) is 0 Å². The number of pyridine rings is 1. The molecule has 4 rings (SSSR count). The van der Waals surface area contributed by atoms with Gasteiger partial charge in [-0.05, 0) is 42.8 Å². The predicted molar refractivity (Wildman–Crippen MR) is 95.0 cm³/mol. The van der Waals surface area contributed by atoms with Crippen molar-refractivity contribution < 1.29 is 4.52 Å². The average molecular weight is 336 g/mol. The van der Waals surface area contributed by atoms with Crippen LogP contribution in [-0.4, -0.2) is 15.1 Å². The molecule has 0 aliphatic rings. The number of aromatic nitrogens is 3. The van der Waals surface area contributed by atoms with E-state index >= 15 is 0 Å². The summed E-state index contributed by atoms with van der Waals surface area (Å²) in [6.07, 6.45) is 0. The van der Waals surface area contributed by atoms with E-state index in [0.29, 0.717) is 16.9 Å². The van der Waals surface area contributed by atoms with Crippen molar-refractivity contribution in [2.24, 2.45) is 0 Å². The van der Waals surface area contributed by atoms with Crippen LogP contribution in [-0.2, 0) is 0 Å². The highest BCUT2D eigenvalue weighted by Crippen LogP contribution is 2.27. The van der Waals surface area contributed by atoms with Gasteiger partial charge in [0.2, 0.25) is 5.82 Å². The van der Waals surface area contributed by atoms with Crippen LogP contribution in [0.4, 0.5) is 0 Å². The molecule has 4 nitrogen and oxygen atoms in total. The normalized spacial score (nSPS) is 11.1. The molecule has 0 aliphatic heterocycles. The van der Waals surface area contributed by atoms with Gasteiger partial charge in [0, 0.05) is 16.8 Å². The Labute approximate surface area is 144 Å². The van der Waals surface area contributed by atoms with E-state index in [2.05, 4.69) is 52.4 Å². The molecule has 24 heavy (non-hydrogen) atoms. The lowest BCUT2D eigenvalue weighted by Crippen LogP contribution is -1.86. The van der Waals surface area contributed by atoms with Crippen molar-refractivity contribution in [1.29, 1.82) is 0 Å². The van der Waals surface area contributed by atoms with Crippen LogP contribution >= 0.6 is 11.6 Å². The van der Waals surface area contributed by atoms with Gasteiger partial charge >= 0.3 is 0 Å². The number of nitrogens with zero attached hydrogens (tertiary/aromatic N) is 3. The molecule has 0 radical (unpaired) electrons. The lowest BCUT2D eigenvalue weighted by molar-refractivity contribution is 0.432. The number of fused-ring (bicyclic) bond motifs is 1. The Morgan fingerprint density at radius 3 is 2.46 bits per heavy atom. The summed E-state index contributed by atoms with van der Waals surface area (Å²) in [5.74, 6) is 0.986. The average Bonchev–Trinajstić information content (AvgIpc) is 3.03. The number of rotatable bonds is 2. The minimum Gasteiger partial charge on any atom is -0.334 e. The molecule has 0 saturated carbocycles. The molecule has 0 N–H and O–H groups in total. The lowest BCUT2D eigenvalue weighted by Gasteiger charge is -2.01. The van der Waals surface area contributed by atoms with Gasteiger partial charge in [0.15, 0.2) is 0 Å². The van der Waals surface area contributed by atoms with E-state index in [1.54, 1.807) is 6.07 Å². The minimum atomic E-state index is 0.408. The van der Waals surface area contributed by atoms with Gasteiger partial charge in [-0.25, -0.2) is 4.98 Å². The SMILES string of the molecule is Cc1ccc2cc(-c3noc(-c4cc(C)nc(Cl)c4)n3)ccc2c1. The van der Waals surface area contributed by atoms with Gasteiger partial charge in [0.1, 0.15) is 5.15 Å². The first kappa shape index (κ1) is 14.8. The molecule has 0 bridgehead atoms. The quantitative estimate of drug-likeness (QED) is 0.471. The van der Waals surface area contributed by atoms with Crippen LogP contribution < -0.4 is 0 Å². The fourth-order valence-corrected chi connectivity index (χ4v) is 2.96. The van der Waals surface area contributed by atoms with Crippen LogP contribution in [0.25, 0.3) is 33.6 Å². The summed E-state index contributed by atoms with van der Waals surface area (Å²) in [7, 11) is 0. The molecule has 4 aromatic rings. The second-order valence-electron chi connectivity index (χ2n) is 5.81. The summed E-state index contributed by atoms with van der Waals surface area (Å²) in [4.78, 5) is 8.63. The van der Waals surface area contributed by atoms with Crippen LogP contribution in [0.15, 0.2) is 53.1 Å². The maximum Gasteiger partial charge on any atom is 0.258 e. The fourth-order valence-electron chi connectivity index (χ4n) is 2.71. The zero-order chi connectivity index (χ0) is 16.7.